The van der Waals surface area contributed by atoms with Gasteiger partial charge >= 0.3 is 0 Å². The molecule has 0 aliphatic heterocycles. The van der Waals surface area contributed by atoms with Gasteiger partial charge in [-0.15, -0.1) is 12.4 Å². The lowest BCUT2D eigenvalue weighted by molar-refractivity contribution is 0.269. The summed E-state index contributed by atoms with van der Waals surface area (Å²) in [6.45, 7) is 6.47. The van der Waals surface area contributed by atoms with Crippen LogP contribution in [-0.2, 0) is 13.0 Å². The first kappa shape index (κ1) is 18.9. The molecular formula is C18H27ClN4O. The number of halogens is 1. The SMILES string of the molecule is CCN(Cc1ccc(-c2nc(CC(C)NC)no2)cc1)C1CC1.Cl. The molecule has 1 fully saturated rings. The van der Waals surface area contributed by atoms with Gasteiger partial charge in [0.05, 0.1) is 0 Å². The number of benzene rings is 1. The summed E-state index contributed by atoms with van der Waals surface area (Å²) in [5.74, 6) is 1.35. The van der Waals surface area contributed by atoms with Gasteiger partial charge in [0.2, 0.25) is 0 Å². The standard InChI is InChI=1S/C18H26N4O.ClH/c1-4-22(16-9-10-16)12-14-5-7-15(8-6-14)18-20-17(21-23-18)11-13(2)19-3;/h5-8,13,16,19H,4,9-12H2,1-3H3;1H. The van der Waals surface area contributed by atoms with Gasteiger partial charge in [0.25, 0.3) is 5.89 Å². The van der Waals surface area contributed by atoms with Crippen molar-refractivity contribution in [1.29, 1.82) is 0 Å². The van der Waals surface area contributed by atoms with E-state index in [9.17, 15) is 0 Å². The Balaban J connectivity index is 0.00000208. The Morgan fingerprint density at radius 1 is 1.29 bits per heavy atom. The zero-order valence-corrected chi connectivity index (χ0v) is 15.5. The molecule has 0 spiro atoms. The molecule has 1 atom stereocenters. The first-order valence-corrected chi connectivity index (χ1v) is 8.52. The summed E-state index contributed by atoms with van der Waals surface area (Å²) < 4.78 is 5.39. The van der Waals surface area contributed by atoms with Gasteiger partial charge < -0.3 is 9.84 Å². The van der Waals surface area contributed by atoms with Crippen LogP contribution in [-0.4, -0.2) is 40.7 Å². The largest absolute Gasteiger partial charge is 0.334 e. The monoisotopic (exact) mass is 350 g/mol. The number of likely N-dealkylation sites (N-methyl/N-ethyl adjacent to an activating group) is 1. The average molecular weight is 351 g/mol. The van der Waals surface area contributed by atoms with E-state index in [0.717, 1.165) is 36.9 Å². The highest BCUT2D eigenvalue weighted by atomic mass is 35.5. The predicted octanol–water partition coefficient (Wildman–Crippen LogP) is 3.29. The molecule has 1 aliphatic rings. The normalized spacial score (nSPS) is 15.3. The van der Waals surface area contributed by atoms with Crippen molar-refractivity contribution in [2.24, 2.45) is 0 Å². The second-order valence-electron chi connectivity index (χ2n) is 6.40. The number of aromatic nitrogens is 2. The van der Waals surface area contributed by atoms with E-state index in [4.69, 9.17) is 4.52 Å². The van der Waals surface area contributed by atoms with E-state index in [1.54, 1.807) is 0 Å². The molecule has 0 radical (unpaired) electrons. The van der Waals surface area contributed by atoms with Crippen LogP contribution in [0.25, 0.3) is 11.5 Å². The molecule has 1 aromatic carbocycles. The van der Waals surface area contributed by atoms with E-state index in [1.807, 2.05) is 7.05 Å². The second kappa shape index (κ2) is 8.60. The van der Waals surface area contributed by atoms with Gasteiger partial charge in [0.1, 0.15) is 0 Å². The average Bonchev–Trinajstić information content (AvgIpc) is 3.32. The highest BCUT2D eigenvalue weighted by Crippen LogP contribution is 2.28. The Morgan fingerprint density at radius 2 is 2.00 bits per heavy atom. The number of hydrogen-bond acceptors (Lipinski definition) is 5. The first-order chi connectivity index (χ1) is 11.2. The number of rotatable bonds is 8. The maximum atomic E-state index is 5.39. The van der Waals surface area contributed by atoms with Gasteiger partial charge in [-0.3, -0.25) is 4.90 Å². The van der Waals surface area contributed by atoms with Crippen molar-refractivity contribution in [3.05, 3.63) is 35.7 Å². The fourth-order valence-corrected chi connectivity index (χ4v) is 2.76. The van der Waals surface area contributed by atoms with Crippen molar-refractivity contribution >= 4 is 12.4 Å². The Kier molecular flexibility index (Phi) is 6.78. The van der Waals surface area contributed by atoms with E-state index in [0.29, 0.717) is 11.9 Å². The summed E-state index contributed by atoms with van der Waals surface area (Å²) in [6.07, 6.45) is 3.47. The molecule has 3 rings (SSSR count). The molecule has 0 saturated heterocycles. The lowest BCUT2D eigenvalue weighted by Gasteiger charge is -2.19. The molecule has 1 N–H and O–H groups in total. The molecule has 6 heteroatoms. The second-order valence-corrected chi connectivity index (χ2v) is 6.40. The van der Waals surface area contributed by atoms with Crippen molar-refractivity contribution in [2.75, 3.05) is 13.6 Å². The third-order valence-corrected chi connectivity index (χ3v) is 4.51. The van der Waals surface area contributed by atoms with Crippen LogP contribution in [0.2, 0.25) is 0 Å². The van der Waals surface area contributed by atoms with Crippen molar-refractivity contribution in [2.45, 2.75) is 51.7 Å². The summed E-state index contributed by atoms with van der Waals surface area (Å²) >= 11 is 0. The maximum Gasteiger partial charge on any atom is 0.257 e. The van der Waals surface area contributed by atoms with Crippen LogP contribution in [0.3, 0.4) is 0 Å². The van der Waals surface area contributed by atoms with Crippen LogP contribution in [0.1, 0.15) is 38.1 Å². The predicted molar refractivity (Wildman–Crippen MR) is 98.3 cm³/mol. The van der Waals surface area contributed by atoms with Gasteiger partial charge in [0.15, 0.2) is 5.82 Å². The first-order valence-electron chi connectivity index (χ1n) is 8.52. The Hall–Kier alpha value is -1.43. The van der Waals surface area contributed by atoms with Crippen LogP contribution >= 0.6 is 12.4 Å². The summed E-state index contributed by atoms with van der Waals surface area (Å²) in [5, 5.41) is 7.24. The highest BCUT2D eigenvalue weighted by Gasteiger charge is 2.27. The van der Waals surface area contributed by atoms with Gasteiger partial charge in [-0.05, 0) is 51.1 Å². The topological polar surface area (TPSA) is 54.2 Å². The lowest BCUT2D eigenvalue weighted by atomic mass is 10.1. The zero-order valence-electron chi connectivity index (χ0n) is 14.7. The van der Waals surface area contributed by atoms with Gasteiger partial charge in [-0.1, -0.05) is 24.2 Å². The third kappa shape index (κ3) is 4.79. The van der Waals surface area contributed by atoms with Crippen molar-refractivity contribution in [1.82, 2.24) is 20.4 Å². The third-order valence-electron chi connectivity index (χ3n) is 4.51. The zero-order chi connectivity index (χ0) is 16.2. The fraction of sp³-hybridized carbons (Fsp3) is 0.556. The van der Waals surface area contributed by atoms with E-state index in [-0.39, 0.29) is 12.4 Å². The van der Waals surface area contributed by atoms with Crippen LogP contribution in [0.5, 0.6) is 0 Å². The minimum atomic E-state index is 0. The van der Waals surface area contributed by atoms with E-state index in [1.165, 1.54) is 18.4 Å². The van der Waals surface area contributed by atoms with Gasteiger partial charge in [-0.2, -0.15) is 4.98 Å². The minimum Gasteiger partial charge on any atom is -0.334 e. The van der Waals surface area contributed by atoms with Crippen LogP contribution in [0, 0.1) is 0 Å². The van der Waals surface area contributed by atoms with E-state index >= 15 is 0 Å². The smallest absolute Gasteiger partial charge is 0.257 e. The molecule has 1 aromatic heterocycles. The van der Waals surface area contributed by atoms with Crippen LogP contribution in [0.4, 0.5) is 0 Å². The molecule has 1 saturated carbocycles. The van der Waals surface area contributed by atoms with E-state index in [2.05, 4.69) is 58.5 Å². The summed E-state index contributed by atoms with van der Waals surface area (Å²) in [6, 6.07) is 9.63. The maximum absolute atomic E-state index is 5.39. The highest BCUT2D eigenvalue weighted by molar-refractivity contribution is 5.85. The molecule has 1 heterocycles. The Morgan fingerprint density at radius 3 is 2.58 bits per heavy atom. The summed E-state index contributed by atoms with van der Waals surface area (Å²) in [5.41, 5.74) is 2.32. The Labute approximate surface area is 150 Å². The lowest BCUT2D eigenvalue weighted by Crippen LogP contribution is -2.24. The molecule has 24 heavy (non-hydrogen) atoms. The Bertz CT molecular complexity index is 624. The molecule has 0 bridgehead atoms. The minimum absolute atomic E-state index is 0. The molecule has 0 amide bonds. The molecule has 1 unspecified atom stereocenters. The molecule has 1 aliphatic carbocycles. The number of nitrogens with zero attached hydrogens (tertiary/aromatic N) is 3. The van der Waals surface area contributed by atoms with Gasteiger partial charge in [0, 0.05) is 30.6 Å². The molecule has 2 aromatic rings. The molecule has 5 nitrogen and oxygen atoms in total. The number of nitrogens with one attached hydrogen (secondary N) is 1. The summed E-state index contributed by atoms with van der Waals surface area (Å²) in [7, 11) is 1.94. The van der Waals surface area contributed by atoms with Crippen LogP contribution < -0.4 is 5.32 Å². The van der Waals surface area contributed by atoms with Gasteiger partial charge in [-0.25, -0.2) is 0 Å². The van der Waals surface area contributed by atoms with Crippen LogP contribution in [0.15, 0.2) is 28.8 Å². The number of hydrogen-bond donors (Lipinski definition) is 1. The molecular weight excluding hydrogens is 324 g/mol. The molecule has 132 valence electrons. The fourth-order valence-electron chi connectivity index (χ4n) is 2.76. The van der Waals surface area contributed by atoms with E-state index < -0.39 is 0 Å². The summed E-state index contributed by atoms with van der Waals surface area (Å²) in [4.78, 5) is 7.03. The van der Waals surface area contributed by atoms with Crippen molar-refractivity contribution in [3.8, 4) is 11.5 Å². The van der Waals surface area contributed by atoms with Crippen molar-refractivity contribution < 1.29 is 4.52 Å². The van der Waals surface area contributed by atoms with Crippen molar-refractivity contribution in [3.63, 3.8) is 0 Å². The quantitative estimate of drug-likeness (QED) is 0.791.